The maximum absolute atomic E-state index is 12.6. The highest BCUT2D eigenvalue weighted by Gasteiger charge is 2.18. The van der Waals surface area contributed by atoms with Crippen molar-refractivity contribution in [2.75, 3.05) is 33.9 Å². The number of carbonyl (C=O) groups is 1. The SMILES string of the molecule is CCN(CC)CCn1c(O)c(N=NC(=O)c2ccc(OC)c(OC)c2)c2ccccc21. The molecule has 0 aliphatic carbocycles. The summed E-state index contributed by atoms with van der Waals surface area (Å²) in [5.74, 6) is 0.404. The molecule has 0 aliphatic heterocycles. The summed E-state index contributed by atoms with van der Waals surface area (Å²) in [4.78, 5) is 14.9. The van der Waals surface area contributed by atoms with Crippen molar-refractivity contribution in [1.29, 1.82) is 0 Å². The highest BCUT2D eigenvalue weighted by Crippen LogP contribution is 2.39. The molecule has 0 unspecified atom stereocenters. The van der Waals surface area contributed by atoms with E-state index >= 15 is 0 Å². The molecule has 0 atom stereocenters. The number of nitrogens with zero attached hydrogens (tertiary/aromatic N) is 4. The van der Waals surface area contributed by atoms with E-state index in [1.807, 2.05) is 28.8 Å². The van der Waals surface area contributed by atoms with E-state index in [1.54, 1.807) is 18.2 Å². The van der Waals surface area contributed by atoms with Crippen LogP contribution in [0.15, 0.2) is 52.7 Å². The number of fused-ring (bicyclic) bond motifs is 1. The molecule has 164 valence electrons. The van der Waals surface area contributed by atoms with Crippen LogP contribution in [0.25, 0.3) is 10.9 Å². The molecule has 3 aromatic rings. The van der Waals surface area contributed by atoms with Crippen LogP contribution in [0.1, 0.15) is 24.2 Å². The van der Waals surface area contributed by atoms with Gasteiger partial charge in [-0.05, 0) is 37.4 Å². The van der Waals surface area contributed by atoms with E-state index < -0.39 is 5.91 Å². The number of azo groups is 1. The summed E-state index contributed by atoms with van der Waals surface area (Å²) < 4.78 is 12.2. The normalized spacial score (nSPS) is 11.5. The predicted octanol–water partition coefficient (Wildman–Crippen LogP) is 4.63. The van der Waals surface area contributed by atoms with Gasteiger partial charge in [-0.3, -0.25) is 4.79 Å². The summed E-state index contributed by atoms with van der Waals surface area (Å²) >= 11 is 0. The number of likely N-dealkylation sites (N-methyl/N-ethyl adjacent to an activating group) is 1. The summed E-state index contributed by atoms with van der Waals surface area (Å²) in [7, 11) is 3.02. The predicted molar refractivity (Wildman–Crippen MR) is 120 cm³/mol. The second-order valence-corrected chi connectivity index (χ2v) is 6.94. The Bertz CT molecular complexity index is 1090. The Morgan fingerprint density at radius 3 is 2.45 bits per heavy atom. The fourth-order valence-corrected chi connectivity index (χ4v) is 3.50. The van der Waals surface area contributed by atoms with Gasteiger partial charge in [-0.25, -0.2) is 0 Å². The van der Waals surface area contributed by atoms with E-state index in [2.05, 4.69) is 29.0 Å². The van der Waals surface area contributed by atoms with Crippen LogP contribution in [0.5, 0.6) is 17.4 Å². The lowest BCUT2D eigenvalue weighted by atomic mass is 10.2. The highest BCUT2D eigenvalue weighted by molar-refractivity contribution is 5.97. The van der Waals surface area contributed by atoms with E-state index in [4.69, 9.17) is 9.47 Å². The van der Waals surface area contributed by atoms with Crippen molar-refractivity contribution >= 4 is 22.5 Å². The van der Waals surface area contributed by atoms with Crippen molar-refractivity contribution in [3.05, 3.63) is 48.0 Å². The lowest BCUT2D eigenvalue weighted by Gasteiger charge is -2.18. The molecule has 0 saturated carbocycles. The summed E-state index contributed by atoms with van der Waals surface area (Å²) in [5.41, 5.74) is 1.44. The fourth-order valence-electron chi connectivity index (χ4n) is 3.50. The third kappa shape index (κ3) is 4.69. The monoisotopic (exact) mass is 424 g/mol. The summed E-state index contributed by atoms with van der Waals surface area (Å²) in [6, 6.07) is 12.3. The molecule has 0 bridgehead atoms. The molecule has 1 heterocycles. The van der Waals surface area contributed by atoms with Gasteiger partial charge in [0.2, 0.25) is 5.88 Å². The van der Waals surface area contributed by atoms with Crippen LogP contribution >= 0.6 is 0 Å². The van der Waals surface area contributed by atoms with Crippen LogP contribution in [0, 0.1) is 0 Å². The first-order valence-electron chi connectivity index (χ1n) is 10.2. The molecule has 1 aromatic heterocycles. The number of hydrogen-bond donors (Lipinski definition) is 1. The van der Waals surface area contributed by atoms with E-state index in [9.17, 15) is 9.90 Å². The van der Waals surface area contributed by atoms with Crippen LogP contribution in [-0.2, 0) is 6.54 Å². The maximum Gasteiger partial charge on any atom is 0.295 e. The topological polar surface area (TPSA) is 88.7 Å². The minimum Gasteiger partial charge on any atom is -0.493 e. The Balaban J connectivity index is 1.91. The minimum absolute atomic E-state index is 0.00258. The van der Waals surface area contributed by atoms with Gasteiger partial charge in [0, 0.05) is 24.0 Å². The molecule has 1 N–H and O–H groups in total. The van der Waals surface area contributed by atoms with E-state index in [0.717, 1.165) is 30.5 Å². The van der Waals surface area contributed by atoms with Gasteiger partial charge in [0.15, 0.2) is 17.2 Å². The molecule has 8 heteroatoms. The van der Waals surface area contributed by atoms with Gasteiger partial charge in [-0.1, -0.05) is 32.0 Å². The average Bonchev–Trinajstić information content (AvgIpc) is 3.08. The molecule has 0 saturated heterocycles. The van der Waals surface area contributed by atoms with Crippen LogP contribution in [0.3, 0.4) is 0 Å². The first-order valence-corrected chi connectivity index (χ1v) is 10.2. The standard InChI is InChI=1S/C23H28N4O4/c1-5-26(6-2)13-14-27-18-10-8-7-9-17(18)21(23(27)29)24-25-22(28)16-11-12-19(30-3)20(15-16)31-4/h7-12,15,29H,5-6,13-14H2,1-4H3. The average molecular weight is 425 g/mol. The lowest BCUT2D eigenvalue weighted by Crippen LogP contribution is -2.26. The maximum atomic E-state index is 12.6. The third-order valence-electron chi connectivity index (χ3n) is 5.32. The number of rotatable bonds is 9. The number of methoxy groups -OCH3 is 2. The van der Waals surface area contributed by atoms with Gasteiger partial charge < -0.3 is 24.0 Å². The van der Waals surface area contributed by atoms with Crippen molar-refractivity contribution in [3.63, 3.8) is 0 Å². The summed E-state index contributed by atoms with van der Waals surface area (Å²) in [5, 5.41) is 19.6. The van der Waals surface area contributed by atoms with Crippen LogP contribution in [0.2, 0.25) is 0 Å². The molecule has 8 nitrogen and oxygen atoms in total. The number of ether oxygens (including phenoxy) is 2. The van der Waals surface area contributed by atoms with Crippen molar-refractivity contribution < 1.29 is 19.4 Å². The number of carbonyl (C=O) groups excluding carboxylic acids is 1. The number of para-hydroxylation sites is 1. The Hall–Kier alpha value is -3.39. The number of aromatic hydroxyl groups is 1. The number of hydrogen-bond acceptors (Lipinski definition) is 6. The Morgan fingerprint density at radius 2 is 1.77 bits per heavy atom. The highest BCUT2D eigenvalue weighted by atomic mass is 16.5. The molecule has 0 aliphatic rings. The Labute approximate surface area is 181 Å². The molecular weight excluding hydrogens is 396 g/mol. The van der Waals surface area contributed by atoms with Crippen LogP contribution in [-0.4, -0.2) is 54.3 Å². The first-order chi connectivity index (χ1) is 15.0. The second kappa shape index (κ2) is 10.1. The molecule has 0 fully saturated rings. The van der Waals surface area contributed by atoms with E-state index in [-0.39, 0.29) is 11.6 Å². The summed E-state index contributed by atoms with van der Waals surface area (Å²) in [6.07, 6.45) is 0. The molecule has 0 spiro atoms. The Kier molecular flexibility index (Phi) is 7.25. The zero-order chi connectivity index (χ0) is 22.4. The van der Waals surface area contributed by atoms with Gasteiger partial charge in [0.05, 0.1) is 19.7 Å². The molecule has 1 amide bonds. The number of benzene rings is 2. The van der Waals surface area contributed by atoms with Gasteiger partial charge >= 0.3 is 0 Å². The zero-order valence-corrected chi connectivity index (χ0v) is 18.3. The molecule has 0 radical (unpaired) electrons. The number of aromatic nitrogens is 1. The largest absolute Gasteiger partial charge is 0.493 e. The Morgan fingerprint density at radius 1 is 1.06 bits per heavy atom. The van der Waals surface area contributed by atoms with Crippen LogP contribution in [0.4, 0.5) is 5.69 Å². The third-order valence-corrected chi connectivity index (χ3v) is 5.32. The molecular formula is C23H28N4O4. The van der Waals surface area contributed by atoms with E-state index in [1.165, 1.54) is 14.2 Å². The lowest BCUT2D eigenvalue weighted by molar-refractivity contribution is 0.0994. The number of amides is 1. The van der Waals surface area contributed by atoms with Crippen LogP contribution < -0.4 is 9.47 Å². The summed E-state index contributed by atoms with van der Waals surface area (Å²) in [6.45, 7) is 7.48. The van der Waals surface area contributed by atoms with Crippen molar-refractivity contribution in [3.8, 4) is 17.4 Å². The zero-order valence-electron chi connectivity index (χ0n) is 18.3. The van der Waals surface area contributed by atoms with Crippen molar-refractivity contribution in [1.82, 2.24) is 9.47 Å². The van der Waals surface area contributed by atoms with Gasteiger partial charge in [-0.15, -0.1) is 10.2 Å². The smallest absolute Gasteiger partial charge is 0.295 e. The van der Waals surface area contributed by atoms with Gasteiger partial charge in [-0.2, -0.15) is 0 Å². The van der Waals surface area contributed by atoms with E-state index in [0.29, 0.717) is 23.6 Å². The minimum atomic E-state index is -0.541. The van der Waals surface area contributed by atoms with Crippen molar-refractivity contribution in [2.24, 2.45) is 10.2 Å². The molecule has 31 heavy (non-hydrogen) atoms. The van der Waals surface area contributed by atoms with Gasteiger partial charge in [0.1, 0.15) is 0 Å². The fraction of sp³-hybridized carbons (Fsp3) is 0.348. The second-order valence-electron chi connectivity index (χ2n) is 6.94. The quantitative estimate of drug-likeness (QED) is 0.506. The van der Waals surface area contributed by atoms with Gasteiger partial charge in [0.25, 0.3) is 5.91 Å². The molecule has 3 rings (SSSR count). The first kappa shape index (κ1) is 22.3. The molecule has 2 aromatic carbocycles. The van der Waals surface area contributed by atoms with Crippen molar-refractivity contribution in [2.45, 2.75) is 20.4 Å².